The van der Waals surface area contributed by atoms with Crippen LogP contribution in [0.5, 0.6) is 0 Å². The molecule has 0 fully saturated rings. The van der Waals surface area contributed by atoms with E-state index >= 15 is 0 Å². The Morgan fingerprint density at radius 2 is 1.92 bits per heavy atom. The topological polar surface area (TPSA) is 63.2 Å². The van der Waals surface area contributed by atoms with Crippen molar-refractivity contribution in [2.75, 3.05) is 0 Å². The van der Waals surface area contributed by atoms with Gasteiger partial charge in [-0.3, -0.25) is 4.79 Å². The quantitative estimate of drug-likeness (QED) is 0.385. The highest BCUT2D eigenvalue weighted by Gasteiger charge is 2.13. The third kappa shape index (κ3) is 1.65. The van der Waals surface area contributed by atoms with E-state index in [-0.39, 0.29) is 11.8 Å². The highest BCUT2D eigenvalue weighted by molar-refractivity contribution is 5.83. The van der Waals surface area contributed by atoms with Crippen LogP contribution in [0.15, 0.2) is 24.3 Å². The van der Waals surface area contributed by atoms with E-state index in [0.717, 1.165) is 6.07 Å². The van der Waals surface area contributed by atoms with Crippen molar-refractivity contribution in [1.82, 2.24) is 5.03 Å². The molecule has 12 heavy (non-hydrogen) atoms. The minimum absolute atomic E-state index is 0.231. The SMILES string of the molecule is O=Cc1ccccc1[N+]([O-])([O-])F. The van der Waals surface area contributed by atoms with Crippen molar-refractivity contribution < 1.29 is 9.28 Å². The Morgan fingerprint density at radius 1 is 1.33 bits per heavy atom. The van der Waals surface area contributed by atoms with Crippen LogP contribution in [0.2, 0.25) is 0 Å². The predicted molar refractivity (Wildman–Crippen MR) is 41.5 cm³/mol. The first-order valence-corrected chi connectivity index (χ1v) is 3.11. The molecule has 5 heteroatoms. The van der Waals surface area contributed by atoms with Gasteiger partial charge in [0.2, 0.25) is 0 Å². The number of benzene rings is 1. The summed E-state index contributed by atoms with van der Waals surface area (Å²) in [4.78, 5) is 10.2. The molecular formula is C7H5FNO3-. The molecule has 0 aromatic heterocycles. The lowest BCUT2D eigenvalue weighted by Crippen LogP contribution is -2.25. The first kappa shape index (κ1) is 8.79. The number of rotatable bonds is 2. The van der Waals surface area contributed by atoms with Gasteiger partial charge in [0.05, 0.1) is 5.56 Å². The lowest BCUT2D eigenvalue weighted by Gasteiger charge is -2.32. The van der Waals surface area contributed by atoms with E-state index in [9.17, 15) is 19.7 Å². The van der Waals surface area contributed by atoms with Crippen LogP contribution in [-0.2, 0) is 0 Å². The maximum Gasteiger partial charge on any atom is 0.182 e. The number of hydrogen-bond donors (Lipinski definition) is 0. The van der Waals surface area contributed by atoms with Gasteiger partial charge in [-0.2, -0.15) is 5.03 Å². The van der Waals surface area contributed by atoms with E-state index < -0.39 is 10.7 Å². The standard InChI is InChI=1S/C7H5FNO3/c8-9(11,12)7-4-2-1-3-6(7)5-10/h1-5H/q-1. The van der Waals surface area contributed by atoms with Crippen molar-refractivity contribution in [3.05, 3.63) is 40.2 Å². The van der Waals surface area contributed by atoms with Crippen molar-refractivity contribution in [1.29, 1.82) is 0 Å². The van der Waals surface area contributed by atoms with Crippen LogP contribution in [0.1, 0.15) is 10.4 Å². The van der Waals surface area contributed by atoms with Gasteiger partial charge in [0, 0.05) is 10.5 Å². The van der Waals surface area contributed by atoms with Gasteiger partial charge in [-0.05, 0) is 6.07 Å². The second kappa shape index (κ2) is 2.98. The molecule has 64 valence electrons. The first-order valence-electron chi connectivity index (χ1n) is 3.11. The normalized spacial score (nSPS) is 11.2. The lowest BCUT2D eigenvalue weighted by atomic mass is 10.2. The van der Waals surface area contributed by atoms with Crippen molar-refractivity contribution >= 4 is 12.0 Å². The number of hydrogen-bond acceptors (Lipinski definition) is 3. The minimum Gasteiger partial charge on any atom is -0.587 e. The molecule has 0 amide bonds. The van der Waals surface area contributed by atoms with Gasteiger partial charge in [0.25, 0.3) is 0 Å². The number of halogens is 1. The highest BCUT2D eigenvalue weighted by Crippen LogP contribution is 2.24. The minimum atomic E-state index is -3.32. The summed E-state index contributed by atoms with van der Waals surface area (Å²) in [5, 5.41) is 17.2. The third-order valence-electron chi connectivity index (χ3n) is 1.35. The molecule has 0 bridgehead atoms. The molecule has 0 unspecified atom stereocenters. The van der Waals surface area contributed by atoms with Crippen LogP contribution < -0.4 is 5.03 Å². The number of aldehydes is 1. The molecule has 0 aliphatic carbocycles. The molecule has 1 rings (SSSR count). The Hall–Kier alpha value is -1.30. The molecule has 0 saturated carbocycles. The molecule has 1 aromatic rings. The summed E-state index contributed by atoms with van der Waals surface area (Å²) in [6, 6.07) is 4.92. The van der Waals surface area contributed by atoms with Crippen LogP contribution in [0.3, 0.4) is 0 Å². The fraction of sp³-hybridized carbons (Fsp3) is 0. The molecule has 0 N–H and O–H groups in total. The summed E-state index contributed by atoms with van der Waals surface area (Å²) in [6.07, 6.45) is 0.262. The number of carbonyl (C=O) groups excluding carboxylic acids is 1. The fourth-order valence-corrected chi connectivity index (χ4v) is 0.830. The van der Waals surface area contributed by atoms with Crippen molar-refractivity contribution in [3.8, 4) is 0 Å². The Balaban J connectivity index is 3.23. The van der Waals surface area contributed by atoms with Crippen molar-refractivity contribution in [3.63, 3.8) is 0 Å². The van der Waals surface area contributed by atoms with Gasteiger partial charge in [-0.25, -0.2) is 0 Å². The summed E-state index contributed by atoms with van der Waals surface area (Å²) in [5.74, 6) is 0. The molecule has 0 aliphatic heterocycles. The summed E-state index contributed by atoms with van der Waals surface area (Å²) in [6.45, 7) is 0. The molecule has 1 aromatic carbocycles. The fourth-order valence-electron chi connectivity index (χ4n) is 0.830. The van der Waals surface area contributed by atoms with Gasteiger partial charge in [0.15, 0.2) is 12.0 Å². The van der Waals surface area contributed by atoms with E-state index in [2.05, 4.69) is 0 Å². The zero-order valence-electron chi connectivity index (χ0n) is 5.94. The summed E-state index contributed by atoms with van der Waals surface area (Å²) in [7, 11) is 0. The zero-order valence-corrected chi connectivity index (χ0v) is 5.94. The third-order valence-corrected chi connectivity index (χ3v) is 1.35. The summed E-state index contributed by atoms with van der Waals surface area (Å²) >= 11 is 0. The summed E-state index contributed by atoms with van der Waals surface area (Å²) < 4.78 is 12.2. The van der Waals surface area contributed by atoms with Gasteiger partial charge >= 0.3 is 0 Å². The van der Waals surface area contributed by atoms with Crippen LogP contribution in [0.4, 0.5) is 10.2 Å². The molecule has 0 radical (unpaired) electrons. The van der Waals surface area contributed by atoms with Crippen molar-refractivity contribution in [2.24, 2.45) is 0 Å². The lowest BCUT2D eigenvalue weighted by molar-refractivity contribution is 0.111. The smallest absolute Gasteiger partial charge is 0.182 e. The van der Waals surface area contributed by atoms with E-state index in [1.165, 1.54) is 18.2 Å². The summed E-state index contributed by atoms with van der Waals surface area (Å²) in [5.41, 5.74) is -0.961. The van der Waals surface area contributed by atoms with E-state index in [4.69, 9.17) is 0 Å². The molecule has 0 atom stereocenters. The van der Waals surface area contributed by atoms with Crippen LogP contribution in [-0.4, -0.2) is 6.29 Å². The van der Waals surface area contributed by atoms with Crippen LogP contribution >= 0.6 is 0 Å². The maximum atomic E-state index is 12.2. The number of quaternary nitrogens is 1. The largest absolute Gasteiger partial charge is 0.587 e. The number of nitrogens with zero attached hydrogens (tertiary/aromatic N) is 1. The van der Waals surface area contributed by atoms with Gasteiger partial charge in [0.1, 0.15) is 0 Å². The Bertz CT molecular complexity index is 295. The predicted octanol–water partition coefficient (Wildman–Crippen LogP) is 1.69. The average molecular weight is 170 g/mol. The zero-order chi connectivity index (χ0) is 9.19. The molecule has 0 saturated heterocycles. The van der Waals surface area contributed by atoms with Crippen molar-refractivity contribution in [2.45, 2.75) is 0 Å². The maximum absolute atomic E-state index is 12.2. The van der Waals surface area contributed by atoms with E-state index in [1.54, 1.807) is 0 Å². The van der Waals surface area contributed by atoms with E-state index in [1.807, 2.05) is 0 Å². The highest BCUT2D eigenvalue weighted by atomic mass is 19.2. The van der Waals surface area contributed by atoms with Gasteiger partial charge in [-0.15, -0.1) is 0 Å². The first-order chi connectivity index (χ1) is 5.55. The van der Waals surface area contributed by atoms with Crippen LogP contribution in [0.25, 0.3) is 0 Å². The monoisotopic (exact) mass is 170 g/mol. The molecule has 0 aliphatic rings. The second-order valence-electron chi connectivity index (χ2n) is 2.16. The Labute approximate surface area is 67.5 Å². The van der Waals surface area contributed by atoms with Crippen LogP contribution in [0, 0.1) is 10.4 Å². The molecule has 4 nitrogen and oxygen atoms in total. The second-order valence-corrected chi connectivity index (χ2v) is 2.16. The molecule has 0 heterocycles. The number of carbonyl (C=O) groups is 1. The Kier molecular flexibility index (Phi) is 2.18. The van der Waals surface area contributed by atoms with Gasteiger partial charge < -0.3 is 10.4 Å². The average Bonchev–Trinajstić information content (AvgIpc) is 2.03. The Morgan fingerprint density at radius 3 is 2.33 bits per heavy atom. The molecular weight excluding hydrogens is 165 g/mol. The molecule has 0 spiro atoms. The van der Waals surface area contributed by atoms with E-state index in [0.29, 0.717) is 0 Å². The van der Waals surface area contributed by atoms with Gasteiger partial charge in [-0.1, -0.05) is 12.1 Å².